The van der Waals surface area contributed by atoms with Gasteiger partial charge >= 0.3 is 0 Å². The van der Waals surface area contributed by atoms with E-state index in [9.17, 15) is 0 Å². The Labute approximate surface area is 299 Å². The minimum Gasteiger partial charge on any atom is -0.0622 e. The van der Waals surface area contributed by atoms with E-state index in [1.807, 2.05) is 0 Å². The highest BCUT2D eigenvalue weighted by Gasteiger charge is 2.36. The molecule has 1 aliphatic carbocycles. The van der Waals surface area contributed by atoms with Gasteiger partial charge in [0.2, 0.25) is 0 Å². The number of hydrogen-bond donors (Lipinski definition) is 0. The molecule has 0 nitrogen and oxygen atoms in total. The Morgan fingerprint density at radius 1 is 0.275 bits per heavy atom. The Balaban J connectivity index is 1.15. The Bertz CT molecular complexity index is 2740. The fourth-order valence-electron chi connectivity index (χ4n) is 8.84. The lowest BCUT2D eigenvalue weighted by molar-refractivity contribution is 0.661. The van der Waals surface area contributed by atoms with Crippen molar-refractivity contribution in [2.75, 3.05) is 0 Å². The number of hydrogen-bond acceptors (Lipinski definition) is 0. The summed E-state index contributed by atoms with van der Waals surface area (Å²) in [6.07, 6.45) is 0. The van der Waals surface area contributed by atoms with Gasteiger partial charge in [0.1, 0.15) is 0 Å². The van der Waals surface area contributed by atoms with Crippen LogP contribution in [0.2, 0.25) is 0 Å². The van der Waals surface area contributed by atoms with E-state index in [1.165, 1.54) is 99.1 Å². The lowest BCUT2D eigenvalue weighted by Crippen LogP contribution is -2.15. The molecule has 0 bridgehead atoms. The van der Waals surface area contributed by atoms with Crippen molar-refractivity contribution in [3.8, 4) is 55.6 Å². The number of rotatable bonds is 4. The highest BCUT2D eigenvalue weighted by atomic mass is 14.4. The fraction of sp³-hybridized carbons (Fsp3) is 0.0588. The second-order valence-electron chi connectivity index (χ2n) is 14.4. The normalized spacial score (nSPS) is 13.1. The molecule has 51 heavy (non-hydrogen) atoms. The van der Waals surface area contributed by atoms with Crippen molar-refractivity contribution in [1.29, 1.82) is 0 Å². The smallest absolute Gasteiger partial charge is 0.0159 e. The van der Waals surface area contributed by atoms with Crippen LogP contribution in [0.25, 0.3) is 88.0 Å². The largest absolute Gasteiger partial charge is 0.0622 e. The topological polar surface area (TPSA) is 0 Å². The van der Waals surface area contributed by atoms with Gasteiger partial charge in [0.05, 0.1) is 0 Å². The second-order valence-corrected chi connectivity index (χ2v) is 14.4. The Morgan fingerprint density at radius 3 is 1.39 bits per heavy atom. The van der Waals surface area contributed by atoms with E-state index in [4.69, 9.17) is 0 Å². The van der Waals surface area contributed by atoms with Crippen LogP contribution in [0.1, 0.15) is 25.0 Å². The first-order chi connectivity index (χ1) is 25.1. The third-order valence-corrected chi connectivity index (χ3v) is 11.3. The maximum Gasteiger partial charge on any atom is 0.0159 e. The summed E-state index contributed by atoms with van der Waals surface area (Å²) in [6.45, 7) is 4.74. The summed E-state index contributed by atoms with van der Waals surface area (Å²) < 4.78 is 0. The maximum atomic E-state index is 2.47. The quantitative estimate of drug-likeness (QED) is 0.167. The number of fused-ring (bicyclic) bond motifs is 7. The molecule has 0 heterocycles. The van der Waals surface area contributed by atoms with E-state index in [1.54, 1.807) is 0 Å². The second kappa shape index (κ2) is 11.4. The molecule has 0 saturated heterocycles. The van der Waals surface area contributed by atoms with Crippen LogP contribution in [0.4, 0.5) is 0 Å². The molecule has 10 rings (SSSR count). The Morgan fingerprint density at radius 2 is 0.745 bits per heavy atom. The molecule has 0 unspecified atom stereocenters. The first-order valence-corrected chi connectivity index (χ1v) is 17.9. The zero-order valence-corrected chi connectivity index (χ0v) is 28.8. The molecule has 0 heteroatoms. The molecular formula is C51H36. The third-order valence-electron chi connectivity index (χ3n) is 11.3. The van der Waals surface area contributed by atoms with Crippen LogP contribution in [-0.4, -0.2) is 0 Å². The average molecular weight is 649 g/mol. The van der Waals surface area contributed by atoms with Crippen LogP contribution in [0.5, 0.6) is 0 Å². The van der Waals surface area contributed by atoms with Crippen molar-refractivity contribution < 1.29 is 0 Å². The van der Waals surface area contributed by atoms with Gasteiger partial charge in [-0.1, -0.05) is 184 Å². The van der Waals surface area contributed by atoms with Gasteiger partial charge in [-0.05, 0) is 111 Å². The van der Waals surface area contributed by atoms with Gasteiger partial charge in [-0.2, -0.15) is 0 Å². The molecular weight excluding hydrogens is 613 g/mol. The van der Waals surface area contributed by atoms with E-state index in [2.05, 4.69) is 196 Å². The molecule has 0 fully saturated rings. The predicted molar refractivity (Wildman–Crippen MR) is 218 cm³/mol. The summed E-state index contributed by atoms with van der Waals surface area (Å²) in [5.41, 5.74) is 15.5. The zero-order valence-electron chi connectivity index (χ0n) is 28.8. The van der Waals surface area contributed by atoms with Crippen molar-refractivity contribution in [1.82, 2.24) is 0 Å². The molecule has 0 spiro atoms. The standard InChI is InChI=1S/C51H36/c1-51(2)46-26-13-12-25-44(46)50-39-20-7-6-19-38(39)45(32-47(50)51)34-27-29-35(30-28-34)48-40-21-8-10-23-42(40)49(43-24-11-9-22-41(43)48)37-18-14-17-36(31-37)33-15-4-3-5-16-33/h3-32H,1-2H3. The predicted octanol–water partition coefficient (Wildman–Crippen LogP) is 14.1. The van der Waals surface area contributed by atoms with Crippen LogP contribution in [0.3, 0.4) is 0 Å². The maximum absolute atomic E-state index is 2.47. The summed E-state index contributed by atoms with van der Waals surface area (Å²) in [5, 5.41) is 7.71. The van der Waals surface area contributed by atoms with Gasteiger partial charge in [0.15, 0.2) is 0 Å². The molecule has 0 aliphatic heterocycles. The minimum atomic E-state index is -0.0646. The monoisotopic (exact) mass is 648 g/mol. The van der Waals surface area contributed by atoms with Crippen LogP contribution < -0.4 is 0 Å². The number of benzene rings is 9. The molecule has 240 valence electrons. The molecule has 0 saturated carbocycles. The van der Waals surface area contributed by atoms with Crippen LogP contribution in [-0.2, 0) is 5.41 Å². The van der Waals surface area contributed by atoms with Gasteiger partial charge in [-0.15, -0.1) is 0 Å². The van der Waals surface area contributed by atoms with Crippen LogP contribution in [0.15, 0.2) is 182 Å². The van der Waals surface area contributed by atoms with Crippen LogP contribution >= 0.6 is 0 Å². The Kier molecular flexibility index (Phi) is 6.63. The van der Waals surface area contributed by atoms with Gasteiger partial charge in [-0.25, -0.2) is 0 Å². The van der Waals surface area contributed by atoms with Gasteiger partial charge in [0, 0.05) is 5.41 Å². The van der Waals surface area contributed by atoms with Crippen molar-refractivity contribution in [3.05, 3.63) is 193 Å². The summed E-state index contributed by atoms with van der Waals surface area (Å²) in [6, 6.07) is 67.3. The van der Waals surface area contributed by atoms with Crippen molar-refractivity contribution in [2.45, 2.75) is 19.3 Å². The summed E-state index contributed by atoms with van der Waals surface area (Å²) in [5.74, 6) is 0. The molecule has 0 radical (unpaired) electrons. The molecule has 9 aromatic carbocycles. The van der Waals surface area contributed by atoms with E-state index in [-0.39, 0.29) is 5.41 Å². The molecule has 0 N–H and O–H groups in total. The first-order valence-electron chi connectivity index (χ1n) is 17.9. The molecule has 0 amide bonds. The molecule has 0 aromatic heterocycles. The fourth-order valence-corrected chi connectivity index (χ4v) is 8.84. The SMILES string of the molecule is CC1(C)c2ccccc2-c2c1cc(-c1ccc(-c3c4ccccc4c(-c4cccc(-c5ccccc5)c4)c4ccccc34)cc1)c1ccccc21. The average Bonchev–Trinajstić information content (AvgIpc) is 3.43. The Hall–Kier alpha value is -6.24. The lowest BCUT2D eigenvalue weighted by atomic mass is 9.80. The third kappa shape index (κ3) is 4.53. The van der Waals surface area contributed by atoms with E-state index >= 15 is 0 Å². The summed E-state index contributed by atoms with van der Waals surface area (Å²) >= 11 is 0. The van der Waals surface area contributed by atoms with Gasteiger partial charge in [0.25, 0.3) is 0 Å². The van der Waals surface area contributed by atoms with E-state index < -0.39 is 0 Å². The molecule has 0 atom stereocenters. The highest BCUT2D eigenvalue weighted by Crippen LogP contribution is 2.53. The van der Waals surface area contributed by atoms with Crippen molar-refractivity contribution in [2.24, 2.45) is 0 Å². The van der Waals surface area contributed by atoms with E-state index in [0.717, 1.165) is 0 Å². The highest BCUT2D eigenvalue weighted by molar-refractivity contribution is 6.21. The van der Waals surface area contributed by atoms with Gasteiger partial charge < -0.3 is 0 Å². The minimum absolute atomic E-state index is 0.0646. The summed E-state index contributed by atoms with van der Waals surface area (Å²) in [4.78, 5) is 0. The van der Waals surface area contributed by atoms with Crippen LogP contribution in [0, 0.1) is 0 Å². The van der Waals surface area contributed by atoms with Gasteiger partial charge in [-0.3, -0.25) is 0 Å². The summed E-state index contributed by atoms with van der Waals surface area (Å²) in [7, 11) is 0. The zero-order chi connectivity index (χ0) is 34.1. The van der Waals surface area contributed by atoms with E-state index in [0.29, 0.717) is 0 Å². The lowest BCUT2D eigenvalue weighted by Gasteiger charge is -2.23. The molecule has 9 aromatic rings. The van der Waals surface area contributed by atoms with Crippen molar-refractivity contribution >= 4 is 32.3 Å². The first kappa shape index (κ1) is 29.7. The molecule has 1 aliphatic rings. The van der Waals surface area contributed by atoms with Crippen molar-refractivity contribution in [3.63, 3.8) is 0 Å².